The Morgan fingerprint density at radius 2 is 1.80 bits per heavy atom. The highest BCUT2D eigenvalue weighted by molar-refractivity contribution is 5.93. The van der Waals surface area contributed by atoms with Crippen LogP contribution in [0.4, 0.5) is 23.4 Å². The molecule has 236 valence electrons. The van der Waals surface area contributed by atoms with Crippen molar-refractivity contribution in [3.05, 3.63) is 48.3 Å². The predicted octanol–water partition coefficient (Wildman–Crippen LogP) is 5.09. The number of hydrogen-bond donors (Lipinski definition) is 1. The van der Waals surface area contributed by atoms with Gasteiger partial charge in [-0.25, -0.2) is 14.4 Å². The summed E-state index contributed by atoms with van der Waals surface area (Å²) in [6, 6.07) is 2.64. The van der Waals surface area contributed by atoms with Crippen LogP contribution >= 0.6 is 0 Å². The van der Waals surface area contributed by atoms with Crippen LogP contribution in [0, 0.1) is 5.82 Å². The molecule has 6 rings (SSSR count). The van der Waals surface area contributed by atoms with E-state index in [2.05, 4.69) is 37.2 Å². The number of nitrogens with zero attached hydrogens (tertiary/aromatic N) is 8. The second kappa shape index (κ2) is 12.7. The highest BCUT2D eigenvalue weighted by atomic mass is 19.4. The Hall–Kier alpha value is -3.78. The van der Waals surface area contributed by atoms with Crippen molar-refractivity contribution in [1.29, 1.82) is 0 Å². The summed E-state index contributed by atoms with van der Waals surface area (Å²) in [4.78, 5) is 13.1. The van der Waals surface area contributed by atoms with Gasteiger partial charge in [0.2, 0.25) is 0 Å². The number of pyridine rings is 2. The lowest BCUT2D eigenvalue weighted by molar-refractivity contribution is -0.140. The van der Waals surface area contributed by atoms with Crippen LogP contribution < -0.4 is 10.1 Å². The second-order valence-electron chi connectivity index (χ2n) is 11.6. The molecule has 0 amide bonds. The van der Waals surface area contributed by atoms with Crippen molar-refractivity contribution in [2.24, 2.45) is 0 Å². The van der Waals surface area contributed by atoms with Crippen molar-refractivity contribution in [1.82, 2.24) is 39.3 Å². The first-order valence-electron chi connectivity index (χ1n) is 15.1. The molecule has 0 radical (unpaired) electrons. The van der Waals surface area contributed by atoms with E-state index in [-0.39, 0.29) is 6.04 Å². The number of aromatic nitrogens is 6. The molecule has 4 aromatic rings. The number of likely N-dealkylation sites (N-methyl/N-ethyl adjacent to an activating group) is 1. The smallest absolute Gasteiger partial charge is 0.419 e. The van der Waals surface area contributed by atoms with Gasteiger partial charge in [0.1, 0.15) is 17.6 Å². The molecule has 14 heteroatoms. The van der Waals surface area contributed by atoms with Crippen LogP contribution in [0.15, 0.2) is 36.9 Å². The predicted molar refractivity (Wildman–Crippen MR) is 158 cm³/mol. The van der Waals surface area contributed by atoms with Crippen LogP contribution in [0.25, 0.3) is 22.2 Å². The summed E-state index contributed by atoms with van der Waals surface area (Å²) >= 11 is 0. The lowest BCUT2D eigenvalue weighted by Crippen LogP contribution is -2.45. The number of anilines is 1. The van der Waals surface area contributed by atoms with Crippen molar-refractivity contribution >= 4 is 16.7 Å². The molecule has 4 aromatic heterocycles. The average molecular weight is 616 g/mol. The molecule has 1 N–H and O–H groups in total. The van der Waals surface area contributed by atoms with Gasteiger partial charge >= 0.3 is 6.18 Å². The fraction of sp³-hybridized carbons (Fsp3) is 0.533. The third kappa shape index (κ3) is 6.50. The highest BCUT2D eigenvalue weighted by Crippen LogP contribution is 2.38. The standard InChI is InChI=1S/C30H37F4N9O/c1-3-35-26-16-25-23(18-37-26)28(20-17-38-42(19-20)15-14-41-12-10-40(2)11-13-41)39-43(25)21-4-6-22(7-5-21)44-29-27(31)24(8-9-36-29)30(32,33)34/h8-9,16-19,21-22H,3-7,10-15H2,1-2H3,(H,35,37)/t21-,22+. The third-order valence-electron chi connectivity index (χ3n) is 8.53. The molecule has 0 bridgehead atoms. The average Bonchev–Trinajstić information content (AvgIpc) is 3.63. The van der Waals surface area contributed by atoms with Crippen molar-refractivity contribution in [3.63, 3.8) is 0 Å². The van der Waals surface area contributed by atoms with Crippen molar-refractivity contribution in [3.8, 4) is 17.1 Å². The van der Waals surface area contributed by atoms with Gasteiger partial charge in [0.05, 0.1) is 29.9 Å². The number of hydrogen-bond acceptors (Lipinski definition) is 8. The van der Waals surface area contributed by atoms with Crippen LogP contribution in [-0.4, -0.2) is 91.7 Å². The number of nitrogens with one attached hydrogen (secondary N) is 1. The van der Waals surface area contributed by atoms with Gasteiger partial charge in [-0.15, -0.1) is 0 Å². The molecular weight excluding hydrogens is 578 g/mol. The Kier molecular flexibility index (Phi) is 8.72. The lowest BCUT2D eigenvalue weighted by Gasteiger charge is -2.32. The minimum atomic E-state index is -4.82. The second-order valence-corrected chi connectivity index (χ2v) is 11.6. The Labute approximate surface area is 253 Å². The summed E-state index contributed by atoms with van der Waals surface area (Å²) in [7, 11) is 2.15. The molecule has 0 spiro atoms. The van der Waals surface area contributed by atoms with Crippen LogP contribution in [0.3, 0.4) is 0 Å². The summed E-state index contributed by atoms with van der Waals surface area (Å²) in [6.07, 6.45) is 3.73. The molecule has 2 aliphatic rings. The number of ether oxygens (including phenoxy) is 1. The van der Waals surface area contributed by atoms with Gasteiger partial charge in [-0.2, -0.15) is 23.4 Å². The molecule has 44 heavy (non-hydrogen) atoms. The molecule has 1 saturated heterocycles. The van der Waals surface area contributed by atoms with Crippen LogP contribution in [0.2, 0.25) is 0 Å². The van der Waals surface area contributed by atoms with Crippen molar-refractivity contribution < 1.29 is 22.3 Å². The maximum Gasteiger partial charge on any atom is 0.419 e. The largest absolute Gasteiger partial charge is 0.472 e. The van der Waals surface area contributed by atoms with E-state index in [9.17, 15) is 17.6 Å². The van der Waals surface area contributed by atoms with E-state index >= 15 is 0 Å². The van der Waals surface area contributed by atoms with E-state index in [1.54, 1.807) is 0 Å². The maximum absolute atomic E-state index is 14.5. The third-order valence-corrected chi connectivity index (χ3v) is 8.53. The first-order valence-corrected chi connectivity index (χ1v) is 15.1. The number of fused-ring (bicyclic) bond motifs is 1. The minimum Gasteiger partial charge on any atom is -0.472 e. The fourth-order valence-electron chi connectivity index (χ4n) is 6.02. The van der Waals surface area contributed by atoms with E-state index in [0.29, 0.717) is 31.7 Å². The summed E-state index contributed by atoms with van der Waals surface area (Å²) < 4.78 is 63.6. The lowest BCUT2D eigenvalue weighted by atomic mass is 9.93. The zero-order valence-corrected chi connectivity index (χ0v) is 24.9. The molecule has 10 nitrogen and oxygen atoms in total. The molecule has 1 aliphatic carbocycles. The molecule has 5 heterocycles. The molecule has 1 saturated carbocycles. The summed E-state index contributed by atoms with van der Waals surface area (Å²) in [6.45, 7) is 8.71. The Balaban J connectivity index is 1.19. The van der Waals surface area contributed by atoms with Crippen LogP contribution in [-0.2, 0) is 12.7 Å². The summed E-state index contributed by atoms with van der Waals surface area (Å²) in [5.41, 5.74) is 1.27. The SMILES string of the molecule is CCNc1cc2c(cn1)c(-c1cnn(CCN3CCN(C)CC3)c1)nn2[C@H]1CC[C@@H](Oc2nccc(C(F)(F)F)c2F)CC1. The Bertz CT molecular complexity index is 1570. The number of halogens is 4. The maximum atomic E-state index is 14.5. The van der Waals surface area contributed by atoms with Gasteiger partial charge in [0.25, 0.3) is 5.88 Å². The number of alkyl halides is 3. The van der Waals surface area contributed by atoms with Gasteiger partial charge < -0.3 is 15.0 Å². The Morgan fingerprint density at radius 1 is 1.02 bits per heavy atom. The van der Waals surface area contributed by atoms with Gasteiger partial charge in [-0.05, 0) is 45.7 Å². The van der Waals surface area contributed by atoms with Crippen LogP contribution in [0.1, 0.15) is 44.2 Å². The summed E-state index contributed by atoms with van der Waals surface area (Å²) in [5, 5.41) is 13.9. The number of rotatable bonds is 9. The summed E-state index contributed by atoms with van der Waals surface area (Å²) in [5.74, 6) is -1.34. The van der Waals surface area contributed by atoms with Crippen molar-refractivity contribution in [2.75, 3.05) is 51.6 Å². The zero-order chi connectivity index (χ0) is 30.8. The van der Waals surface area contributed by atoms with E-state index in [1.165, 1.54) is 0 Å². The van der Waals surface area contributed by atoms with E-state index in [4.69, 9.17) is 9.84 Å². The first-order chi connectivity index (χ1) is 21.2. The van der Waals surface area contributed by atoms with E-state index in [0.717, 1.165) is 80.0 Å². The van der Waals surface area contributed by atoms with Gasteiger partial charge in [-0.1, -0.05) is 0 Å². The molecule has 0 aromatic carbocycles. The van der Waals surface area contributed by atoms with Crippen molar-refractivity contribution in [2.45, 2.75) is 57.5 Å². The highest BCUT2D eigenvalue weighted by Gasteiger charge is 2.36. The Morgan fingerprint density at radius 3 is 2.52 bits per heavy atom. The molecule has 0 unspecified atom stereocenters. The van der Waals surface area contributed by atoms with E-state index in [1.807, 2.05) is 40.9 Å². The quantitative estimate of drug-likeness (QED) is 0.261. The molecular formula is C30H37F4N9O. The molecule has 0 atom stereocenters. The van der Waals surface area contributed by atoms with Gasteiger partial charge in [-0.3, -0.25) is 14.3 Å². The van der Waals surface area contributed by atoms with E-state index < -0.39 is 29.5 Å². The first kappa shape index (κ1) is 30.3. The fourth-order valence-corrected chi connectivity index (χ4v) is 6.02. The van der Waals surface area contributed by atoms with Gasteiger partial charge in [0, 0.05) is 74.9 Å². The molecule has 1 aliphatic heterocycles. The molecule has 2 fully saturated rings. The van der Waals surface area contributed by atoms with Gasteiger partial charge in [0.15, 0.2) is 5.82 Å². The number of piperazine rings is 1. The minimum absolute atomic E-state index is 0.0227. The van der Waals surface area contributed by atoms with Crippen LogP contribution in [0.5, 0.6) is 5.88 Å². The topological polar surface area (TPSA) is 89.2 Å². The zero-order valence-electron chi connectivity index (χ0n) is 24.9. The monoisotopic (exact) mass is 615 g/mol. The normalized spacial score (nSPS) is 20.3.